The summed E-state index contributed by atoms with van der Waals surface area (Å²) >= 11 is 0. The molecule has 2 N–H and O–H groups in total. The van der Waals surface area contributed by atoms with Crippen LogP contribution in [0.1, 0.15) is 34.6 Å². The summed E-state index contributed by atoms with van der Waals surface area (Å²) in [4.78, 5) is 5.02. The smallest absolute Gasteiger partial charge is 0.131 e. The molecule has 0 amide bonds. The van der Waals surface area contributed by atoms with Crippen molar-refractivity contribution in [2.45, 2.75) is 12.3 Å². The fourth-order valence-corrected chi connectivity index (χ4v) is 5.59. The summed E-state index contributed by atoms with van der Waals surface area (Å²) in [6.45, 7) is 0. The zero-order valence-electron chi connectivity index (χ0n) is 22.9. The average molecular weight is 541 g/mol. The van der Waals surface area contributed by atoms with E-state index >= 15 is 0 Å². The molecule has 0 saturated carbocycles. The van der Waals surface area contributed by atoms with E-state index in [-0.39, 0.29) is 12.3 Å². The van der Waals surface area contributed by atoms with Crippen molar-refractivity contribution in [3.8, 4) is 28.3 Å². The van der Waals surface area contributed by atoms with Crippen molar-refractivity contribution in [1.29, 1.82) is 5.26 Å². The molecule has 1 aliphatic heterocycles. The summed E-state index contributed by atoms with van der Waals surface area (Å²) in [5, 5.41) is 19.3. The van der Waals surface area contributed by atoms with Gasteiger partial charge in [-0.15, -0.1) is 0 Å². The highest BCUT2D eigenvalue weighted by molar-refractivity contribution is 5.99. The highest BCUT2D eigenvalue weighted by atomic mass is 15.3. The standard InChI is InChI=1S/C38H28N4/c39-25-34-24-32(28-18-16-27(17-19-28)26-10-4-1-5-11-26)23-33-22-31(20-21-35(33)34)38-41-36(29-12-6-2-7-13-29)40-37(42-38)30-14-8-3-9-15-30/h1-24,36,38,41H,(H,40,42). The van der Waals surface area contributed by atoms with Crippen molar-refractivity contribution in [3.63, 3.8) is 0 Å². The number of hydrogen-bond acceptors (Lipinski definition) is 4. The minimum Gasteiger partial charge on any atom is -0.350 e. The van der Waals surface area contributed by atoms with Crippen LogP contribution in [-0.4, -0.2) is 5.84 Å². The maximum atomic E-state index is 10.0. The second kappa shape index (κ2) is 11.2. The minimum absolute atomic E-state index is 0.174. The number of nitriles is 1. The van der Waals surface area contributed by atoms with Gasteiger partial charge < -0.3 is 5.32 Å². The maximum Gasteiger partial charge on any atom is 0.131 e. The number of rotatable bonds is 5. The van der Waals surface area contributed by atoms with E-state index in [4.69, 9.17) is 4.99 Å². The van der Waals surface area contributed by atoms with E-state index in [1.54, 1.807) is 0 Å². The summed E-state index contributed by atoms with van der Waals surface area (Å²) in [5.74, 6) is 0.846. The third-order valence-corrected chi connectivity index (χ3v) is 7.78. The van der Waals surface area contributed by atoms with Gasteiger partial charge in [-0.05, 0) is 62.4 Å². The van der Waals surface area contributed by atoms with E-state index in [0.717, 1.165) is 44.4 Å². The Bertz CT molecular complexity index is 1920. The number of nitrogens with one attached hydrogen (secondary N) is 2. The molecule has 6 aromatic rings. The van der Waals surface area contributed by atoms with Gasteiger partial charge >= 0.3 is 0 Å². The first-order valence-corrected chi connectivity index (χ1v) is 14.1. The minimum atomic E-state index is -0.201. The van der Waals surface area contributed by atoms with E-state index in [1.165, 1.54) is 11.1 Å². The van der Waals surface area contributed by atoms with Gasteiger partial charge in [0.25, 0.3) is 0 Å². The predicted octanol–water partition coefficient (Wildman–Crippen LogP) is 8.38. The van der Waals surface area contributed by atoms with Crippen molar-refractivity contribution < 1.29 is 0 Å². The lowest BCUT2D eigenvalue weighted by molar-refractivity contribution is 0.409. The van der Waals surface area contributed by atoms with E-state index in [2.05, 4.69) is 114 Å². The summed E-state index contributed by atoms with van der Waals surface area (Å²) < 4.78 is 0. The normalized spacial score (nSPS) is 16.3. The number of hydrogen-bond donors (Lipinski definition) is 2. The van der Waals surface area contributed by atoms with Crippen molar-refractivity contribution in [1.82, 2.24) is 10.6 Å². The number of nitrogens with zero attached hydrogens (tertiary/aromatic N) is 2. The van der Waals surface area contributed by atoms with Crippen LogP contribution in [-0.2, 0) is 0 Å². The van der Waals surface area contributed by atoms with Gasteiger partial charge in [0.15, 0.2) is 0 Å². The maximum absolute atomic E-state index is 10.0. The molecule has 0 saturated heterocycles. The highest BCUT2D eigenvalue weighted by Gasteiger charge is 2.25. The largest absolute Gasteiger partial charge is 0.350 e. The van der Waals surface area contributed by atoms with Crippen molar-refractivity contribution >= 4 is 16.6 Å². The number of amidine groups is 1. The summed E-state index contributed by atoms with van der Waals surface area (Å²) in [7, 11) is 0. The molecule has 0 aliphatic carbocycles. The Balaban J connectivity index is 1.26. The van der Waals surface area contributed by atoms with Crippen LogP contribution in [0.5, 0.6) is 0 Å². The van der Waals surface area contributed by atoms with Crippen molar-refractivity contribution in [2.24, 2.45) is 4.99 Å². The monoisotopic (exact) mass is 540 g/mol. The molecule has 0 fully saturated rings. The van der Waals surface area contributed by atoms with Crippen LogP contribution in [0.25, 0.3) is 33.0 Å². The van der Waals surface area contributed by atoms with E-state index in [0.29, 0.717) is 5.56 Å². The number of benzene rings is 6. The van der Waals surface area contributed by atoms with Crippen LogP contribution >= 0.6 is 0 Å². The third-order valence-electron chi connectivity index (χ3n) is 7.78. The van der Waals surface area contributed by atoms with E-state index < -0.39 is 0 Å². The van der Waals surface area contributed by atoms with Gasteiger partial charge in [-0.2, -0.15) is 5.26 Å². The lowest BCUT2D eigenvalue weighted by Crippen LogP contribution is -2.44. The second-order valence-corrected chi connectivity index (χ2v) is 10.5. The van der Waals surface area contributed by atoms with Gasteiger partial charge in [0.1, 0.15) is 18.2 Å². The van der Waals surface area contributed by atoms with Gasteiger partial charge in [-0.25, -0.2) is 4.99 Å². The Hall–Kier alpha value is -5.50. The summed E-state index contributed by atoms with van der Waals surface area (Å²) in [6.07, 6.45) is -0.376. The summed E-state index contributed by atoms with van der Waals surface area (Å²) in [6, 6.07) is 52.3. The second-order valence-electron chi connectivity index (χ2n) is 10.5. The Morgan fingerprint density at radius 2 is 1.14 bits per heavy atom. The molecule has 2 atom stereocenters. The molecule has 1 heterocycles. The van der Waals surface area contributed by atoms with Crippen LogP contribution in [0.2, 0.25) is 0 Å². The topological polar surface area (TPSA) is 60.2 Å². The Morgan fingerprint density at radius 3 is 1.81 bits per heavy atom. The fourth-order valence-electron chi connectivity index (χ4n) is 5.59. The molecule has 42 heavy (non-hydrogen) atoms. The first-order chi connectivity index (χ1) is 20.7. The van der Waals surface area contributed by atoms with Crippen LogP contribution in [0.3, 0.4) is 0 Å². The molecule has 2 unspecified atom stereocenters. The molecular weight excluding hydrogens is 512 g/mol. The number of fused-ring (bicyclic) bond motifs is 1. The molecule has 0 radical (unpaired) electrons. The van der Waals surface area contributed by atoms with Crippen molar-refractivity contribution in [3.05, 3.63) is 168 Å². The molecule has 4 heteroatoms. The zero-order chi connectivity index (χ0) is 28.3. The van der Waals surface area contributed by atoms with Crippen LogP contribution < -0.4 is 10.6 Å². The van der Waals surface area contributed by atoms with Gasteiger partial charge in [0, 0.05) is 5.56 Å². The molecule has 6 aromatic carbocycles. The zero-order valence-corrected chi connectivity index (χ0v) is 22.9. The Morgan fingerprint density at radius 1 is 0.548 bits per heavy atom. The highest BCUT2D eigenvalue weighted by Crippen LogP contribution is 2.32. The van der Waals surface area contributed by atoms with Gasteiger partial charge in [-0.1, -0.05) is 127 Å². The summed E-state index contributed by atoms with van der Waals surface area (Å²) in [5.41, 5.74) is 8.34. The predicted molar refractivity (Wildman–Crippen MR) is 171 cm³/mol. The third kappa shape index (κ3) is 5.06. The molecule has 4 nitrogen and oxygen atoms in total. The van der Waals surface area contributed by atoms with Gasteiger partial charge in [0.05, 0.1) is 11.6 Å². The molecule has 0 bridgehead atoms. The lowest BCUT2D eigenvalue weighted by Gasteiger charge is -2.32. The molecular formula is C38H28N4. The average Bonchev–Trinajstić information content (AvgIpc) is 3.08. The first-order valence-electron chi connectivity index (χ1n) is 14.1. The van der Waals surface area contributed by atoms with E-state index in [1.807, 2.05) is 48.5 Å². The molecule has 1 aliphatic rings. The van der Waals surface area contributed by atoms with Gasteiger partial charge in [0.2, 0.25) is 0 Å². The quantitative estimate of drug-likeness (QED) is 0.231. The lowest BCUT2D eigenvalue weighted by atomic mass is 9.94. The molecule has 7 rings (SSSR count). The van der Waals surface area contributed by atoms with Crippen LogP contribution in [0.4, 0.5) is 0 Å². The fraction of sp³-hybridized carbons (Fsp3) is 0.0526. The van der Waals surface area contributed by atoms with E-state index in [9.17, 15) is 5.26 Å². The Kier molecular flexibility index (Phi) is 6.77. The Labute approximate surface area is 245 Å². The van der Waals surface area contributed by atoms with Crippen LogP contribution in [0.15, 0.2) is 151 Å². The number of aliphatic imine (C=N–C) groups is 1. The first kappa shape index (κ1) is 25.5. The van der Waals surface area contributed by atoms with Gasteiger partial charge in [-0.3, -0.25) is 5.32 Å². The molecule has 200 valence electrons. The van der Waals surface area contributed by atoms with Crippen molar-refractivity contribution in [2.75, 3.05) is 0 Å². The molecule has 0 aromatic heterocycles. The SMILES string of the molecule is N#Cc1cc(-c2ccc(-c3ccccc3)cc2)cc2cc(C3NC(c4ccccc4)=NC(c4ccccc4)N3)ccc12. The van der Waals surface area contributed by atoms with Crippen LogP contribution in [0, 0.1) is 11.3 Å². The molecule has 0 spiro atoms.